The molecule has 0 amide bonds. The van der Waals surface area contributed by atoms with Gasteiger partial charge >= 0.3 is 0 Å². The largest absolute Gasteiger partial charge is 0.492 e. The van der Waals surface area contributed by atoms with Crippen LogP contribution in [0.4, 0.5) is 0 Å². The maximum absolute atomic E-state index is 13.3. The van der Waals surface area contributed by atoms with Crippen molar-refractivity contribution in [2.45, 2.75) is 30.9 Å². The fourth-order valence-electron chi connectivity index (χ4n) is 5.47. The first-order chi connectivity index (χ1) is 18.0. The van der Waals surface area contributed by atoms with Crippen LogP contribution in [-0.4, -0.2) is 26.2 Å². The molecule has 1 aliphatic heterocycles. The summed E-state index contributed by atoms with van der Waals surface area (Å²) in [6.07, 6.45) is 5.84. The molecule has 2 aromatic heterocycles. The molecule has 6 nitrogen and oxygen atoms in total. The van der Waals surface area contributed by atoms with Crippen molar-refractivity contribution in [3.05, 3.63) is 117 Å². The van der Waals surface area contributed by atoms with Crippen molar-refractivity contribution < 1.29 is 9.84 Å². The Hall–Kier alpha value is -3.87. The maximum atomic E-state index is 13.3. The normalized spacial score (nSPS) is 19.0. The third kappa shape index (κ3) is 3.59. The Morgan fingerprint density at radius 2 is 1.89 bits per heavy atom. The summed E-state index contributed by atoms with van der Waals surface area (Å²) in [5.74, 6) is 0.509. The van der Waals surface area contributed by atoms with Gasteiger partial charge < -0.3 is 19.4 Å². The quantitative estimate of drug-likeness (QED) is 0.324. The highest BCUT2D eigenvalue weighted by Gasteiger charge is 2.37. The van der Waals surface area contributed by atoms with Crippen LogP contribution in [0.5, 0.6) is 5.75 Å². The second-order valence-electron chi connectivity index (χ2n) is 9.85. The van der Waals surface area contributed by atoms with Gasteiger partial charge in [-0.25, -0.2) is 4.98 Å². The number of aromatic nitrogens is 3. The number of fused-ring (bicyclic) bond motifs is 6. The number of benzene rings is 3. The number of hydrogen-bond donors (Lipinski definition) is 2. The summed E-state index contributed by atoms with van der Waals surface area (Å²) >= 11 is 6.49. The summed E-state index contributed by atoms with van der Waals surface area (Å²) in [5.41, 5.74) is 3.99. The summed E-state index contributed by atoms with van der Waals surface area (Å²) in [6, 6.07) is 21.4. The number of imidazole rings is 1. The summed E-state index contributed by atoms with van der Waals surface area (Å²) in [7, 11) is 0. The lowest BCUT2D eigenvalue weighted by molar-refractivity contribution is 0.121. The van der Waals surface area contributed by atoms with Crippen LogP contribution < -0.4 is 10.3 Å². The number of ether oxygens (including phenoxy) is 1. The Morgan fingerprint density at radius 1 is 1.05 bits per heavy atom. The molecule has 0 spiro atoms. The van der Waals surface area contributed by atoms with Crippen molar-refractivity contribution >= 4 is 22.5 Å². The third-order valence-electron chi connectivity index (χ3n) is 7.50. The molecule has 3 heterocycles. The fourth-order valence-corrected chi connectivity index (χ4v) is 5.64. The molecule has 6 bridgehead atoms. The number of nitrogens with one attached hydrogen (secondary N) is 1. The van der Waals surface area contributed by atoms with Gasteiger partial charge in [0.2, 0.25) is 0 Å². The molecule has 1 unspecified atom stereocenters. The molecule has 184 valence electrons. The molecule has 2 aliphatic rings. The number of aromatic amines is 1. The minimum atomic E-state index is -1.56. The van der Waals surface area contributed by atoms with Crippen LogP contribution in [-0.2, 0) is 12.0 Å². The predicted molar refractivity (Wildman–Crippen MR) is 143 cm³/mol. The number of pyridine rings is 1. The van der Waals surface area contributed by atoms with Gasteiger partial charge in [0.15, 0.2) is 5.60 Å². The van der Waals surface area contributed by atoms with Gasteiger partial charge in [-0.2, -0.15) is 0 Å². The van der Waals surface area contributed by atoms with E-state index in [2.05, 4.69) is 22.1 Å². The summed E-state index contributed by atoms with van der Waals surface area (Å²) in [6.45, 7) is 0.416. The Labute approximate surface area is 218 Å². The predicted octanol–water partition coefficient (Wildman–Crippen LogP) is 5.60. The van der Waals surface area contributed by atoms with Crippen LogP contribution in [0.3, 0.4) is 0 Å². The van der Waals surface area contributed by atoms with E-state index in [0.717, 1.165) is 40.4 Å². The standard InChI is InChI=1S/C30H24ClN3O3/c31-25-8-4-21-14-27(25)37-11-10-18-2-1-3-19(12-18)23-15-29(35)34(22-6-7-22)26-9-5-20(13-24(23)26)30(21,36)28-16-32-17-33-28/h1-5,8-9,12-17,22,36H,6-7,10-11H2,(H,32,33). The van der Waals surface area contributed by atoms with E-state index < -0.39 is 5.60 Å². The molecule has 0 radical (unpaired) electrons. The summed E-state index contributed by atoms with van der Waals surface area (Å²) in [5, 5.41) is 13.8. The topological polar surface area (TPSA) is 80.1 Å². The monoisotopic (exact) mass is 509 g/mol. The molecule has 1 fully saturated rings. The molecule has 37 heavy (non-hydrogen) atoms. The number of hydrogen-bond acceptors (Lipinski definition) is 4. The summed E-state index contributed by atoms with van der Waals surface area (Å²) in [4.78, 5) is 20.6. The van der Waals surface area contributed by atoms with E-state index in [-0.39, 0.29) is 11.6 Å². The number of nitrogens with zero attached hydrogens (tertiary/aromatic N) is 2. The first-order valence-electron chi connectivity index (χ1n) is 12.5. The van der Waals surface area contributed by atoms with E-state index in [1.54, 1.807) is 36.8 Å². The first-order valence-corrected chi connectivity index (χ1v) is 12.8. The van der Waals surface area contributed by atoms with Crippen LogP contribution in [0.1, 0.15) is 41.3 Å². The lowest BCUT2D eigenvalue weighted by Crippen LogP contribution is -2.30. The van der Waals surface area contributed by atoms with E-state index in [0.29, 0.717) is 40.6 Å². The highest BCUT2D eigenvalue weighted by molar-refractivity contribution is 6.32. The van der Waals surface area contributed by atoms with Crippen LogP contribution in [0.25, 0.3) is 22.0 Å². The molecule has 1 aliphatic carbocycles. The first kappa shape index (κ1) is 22.3. The number of aliphatic hydroxyl groups is 1. The molecule has 1 saturated carbocycles. The second kappa shape index (κ2) is 8.33. The lowest BCUT2D eigenvalue weighted by atomic mass is 9.82. The average Bonchev–Trinajstić information content (AvgIpc) is 3.59. The van der Waals surface area contributed by atoms with Crippen molar-refractivity contribution in [1.29, 1.82) is 0 Å². The van der Waals surface area contributed by atoms with Crippen LogP contribution in [0.2, 0.25) is 5.02 Å². The lowest BCUT2D eigenvalue weighted by Gasteiger charge is -2.29. The number of H-pyrrole nitrogens is 1. The zero-order valence-electron chi connectivity index (χ0n) is 19.9. The minimum absolute atomic E-state index is 0.00113. The van der Waals surface area contributed by atoms with Crippen molar-refractivity contribution in [2.24, 2.45) is 0 Å². The molecule has 5 aromatic rings. The van der Waals surface area contributed by atoms with Gasteiger partial charge in [-0.1, -0.05) is 48.0 Å². The molecule has 7 heteroatoms. The van der Waals surface area contributed by atoms with Gasteiger partial charge in [-0.15, -0.1) is 0 Å². The van der Waals surface area contributed by atoms with Crippen LogP contribution >= 0.6 is 11.6 Å². The molecule has 0 saturated heterocycles. The molecule has 2 N–H and O–H groups in total. The molecule has 1 atom stereocenters. The Kier molecular flexibility index (Phi) is 5.03. The zero-order valence-corrected chi connectivity index (χ0v) is 20.7. The number of halogens is 1. The van der Waals surface area contributed by atoms with Gasteiger partial charge in [0.25, 0.3) is 5.56 Å². The smallest absolute Gasteiger partial charge is 0.251 e. The van der Waals surface area contributed by atoms with Crippen molar-refractivity contribution in [1.82, 2.24) is 14.5 Å². The number of rotatable bonds is 2. The van der Waals surface area contributed by atoms with Gasteiger partial charge in [0.05, 0.1) is 35.4 Å². The third-order valence-corrected chi connectivity index (χ3v) is 7.82. The van der Waals surface area contributed by atoms with Gasteiger partial charge in [-0.05, 0) is 64.9 Å². The average molecular weight is 510 g/mol. The van der Waals surface area contributed by atoms with Gasteiger partial charge in [-0.3, -0.25) is 4.79 Å². The van der Waals surface area contributed by atoms with E-state index in [9.17, 15) is 9.90 Å². The van der Waals surface area contributed by atoms with E-state index in [4.69, 9.17) is 16.3 Å². The Balaban J connectivity index is 1.59. The second-order valence-corrected chi connectivity index (χ2v) is 10.3. The highest BCUT2D eigenvalue weighted by atomic mass is 35.5. The van der Waals surface area contributed by atoms with Crippen molar-refractivity contribution in [2.75, 3.05) is 6.61 Å². The van der Waals surface area contributed by atoms with Gasteiger partial charge in [0, 0.05) is 23.9 Å². The SMILES string of the molecule is O=c1cc2c3cc(ccc3n1C1CC1)C(O)(c1cnc[nH]1)c1ccc(Cl)c(c1)OCCc1cccc-2c1. The molecular formula is C30H24ClN3O3. The van der Waals surface area contributed by atoms with Crippen LogP contribution in [0, 0.1) is 0 Å². The van der Waals surface area contributed by atoms with Crippen molar-refractivity contribution in [3.8, 4) is 16.9 Å². The highest BCUT2D eigenvalue weighted by Crippen LogP contribution is 2.43. The summed E-state index contributed by atoms with van der Waals surface area (Å²) < 4.78 is 7.99. The zero-order chi connectivity index (χ0) is 25.1. The molecular weight excluding hydrogens is 486 g/mol. The maximum Gasteiger partial charge on any atom is 0.251 e. The van der Waals surface area contributed by atoms with Crippen LogP contribution in [0.15, 0.2) is 84.0 Å². The fraction of sp³-hybridized carbons (Fsp3) is 0.200. The van der Waals surface area contributed by atoms with E-state index >= 15 is 0 Å². The molecule has 3 aromatic carbocycles. The molecule has 7 rings (SSSR count). The Morgan fingerprint density at radius 3 is 2.70 bits per heavy atom. The van der Waals surface area contributed by atoms with Crippen molar-refractivity contribution in [3.63, 3.8) is 0 Å². The Bertz CT molecular complexity index is 1720. The van der Waals surface area contributed by atoms with Gasteiger partial charge in [0.1, 0.15) is 5.75 Å². The van der Waals surface area contributed by atoms with E-state index in [1.807, 2.05) is 34.9 Å². The minimum Gasteiger partial charge on any atom is -0.492 e. The van der Waals surface area contributed by atoms with E-state index in [1.165, 1.54) is 0 Å².